The molecule has 1 saturated heterocycles. The average molecular weight is 293 g/mol. The molecule has 0 bridgehead atoms. The molecular formula is C14H15NO4S. The van der Waals surface area contributed by atoms with Crippen LogP contribution in [-0.4, -0.2) is 40.9 Å². The number of thioether (sulfide) groups is 1. The van der Waals surface area contributed by atoms with E-state index in [1.807, 2.05) is 31.2 Å². The number of carbonyl (C=O) groups excluding carboxylic acids is 2. The van der Waals surface area contributed by atoms with Gasteiger partial charge in [-0.3, -0.25) is 14.5 Å². The quantitative estimate of drug-likeness (QED) is 0.842. The van der Waals surface area contributed by atoms with Crippen molar-refractivity contribution in [2.75, 3.05) is 19.8 Å². The lowest BCUT2D eigenvalue weighted by Gasteiger charge is -2.09. The van der Waals surface area contributed by atoms with E-state index in [0.29, 0.717) is 11.5 Å². The molecule has 2 rings (SSSR count). The van der Waals surface area contributed by atoms with Crippen LogP contribution < -0.4 is 4.74 Å². The second kappa shape index (κ2) is 6.58. The van der Waals surface area contributed by atoms with Crippen LogP contribution in [0.1, 0.15) is 12.5 Å². The molecule has 0 unspecified atom stereocenters. The molecule has 5 nitrogen and oxygen atoms in total. The number of rotatable bonds is 5. The summed E-state index contributed by atoms with van der Waals surface area (Å²) in [5.41, 5.74) is 0.822. The van der Waals surface area contributed by atoms with Crippen molar-refractivity contribution in [2.24, 2.45) is 0 Å². The first-order chi connectivity index (χ1) is 9.65. The van der Waals surface area contributed by atoms with Crippen molar-refractivity contribution in [3.05, 3.63) is 34.7 Å². The van der Waals surface area contributed by atoms with Crippen LogP contribution in [0.2, 0.25) is 0 Å². The van der Waals surface area contributed by atoms with Crippen LogP contribution in [0.15, 0.2) is 29.2 Å². The second-order valence-electron chi connectivity index (χ2n) is 4.06. The Morgan fingerprint density at radius 3 is 2.60 bits per heavy atom. The minimum atomic E-state index is -0.358. The minimum Gasteiger partial charge on any atom is -0.494 e. The van der Waals surface area contributed by atoms with Crippen molar-refractivity contribution in [1.82, 2.24) is 4.90 Å². The Labute approximate surface area is 121 Å². The van der Waals surface area contributed by atoms with Crippen LogP contribution >= 0.6 is 11.8 Å². The molecular weight excluding hydrogens is 278 g/mol. The lowest BCUT2D eigenvalue weighted by Crippen LogP contribution is -2.30. The Morgan fingerprint density at radius 2 is 2.00 bits per heavy atom. The molecule has 1 heterocycles. The SMILES string of the molecule is CCOc1ccc(/C=C2/SC(=O)N(CCO)C2=O)cc1. The summed E-state index contributed by atoms with van der Waals surface area (Å²) in [6.45, 7) is 2.31. The minimum absolute atomic E-state index is 0.0330. The first-order valence-electron chi connectivity index (χ1n) is 6.24. The largest absolute Gasteiger partial charge is 0.494 e. The number of hydrogen-bond donors (Lipinski definition) is 1. The molecule has 1 aromatic carbocycles. The van der Waals surface area contributed by atoms with E-state index < -0.39 is 0 Å². The van der Waals surface area contributed by atoms with Gasteiger partial charge in [0.2, 0.25) is 0 Å². The Hall–Kier alpha value is -1.79. The molecule has 0 spiro atoms. The van der Waals surface area contributed by atoms with Gasteiger partial charge < -0.3 is 9.84 Å². The first-order valence-corrected chi connectivity index (χ1v) is 7.06. The average Bonchev–Trinajstić information content (AvgIpc) is 2.69. The first kappa shape index (κ1) is 14.6. The molecule has 2 amide bonds. The van der Waals surface area contributed by atoms with Gasteiger partial charge in [-0.05, 0) is 42.5 Å². The monoisotopic (exact) mass is 293 g/mol. The van der Waals surface area contributed by atoms with E-state index >= 15 is 0 Å². The van der Waals surface area contributed by atoms with Gasteiger partial charge >= 0.3 is 0 Å². The van der Waals surface area contributed by atoms with Gasteiger partial charge in [-0.2, -0.15) is 0 Å². The smallest absolute Gasteiger partial charge is 0.293 e. The summed E-state index contributed by atoms with van der Waals surface area (Å²) in [6.07, 6.45) is 1.66. The molecule has 1 aromatic rings. The van der Waals surface area contributed by atoms with Crippen molar-refractivity contribution in [3.63, 3.8) is 0 Å². The normalized spacial score (nSPS) is 17.1. The van der Waals surface area contributed by atoms with E-state index in [-0.39, 0.29) is 24.3 Å². The molecule has 1 aliphatic heterocycles. The molecule has 0 saturated carbocycles. The number of ether oxygens (including phenoxy) is 1. The maximum atomic E-state index is 12.0. The standard InChI is InChI=1S/C14H15NO4S/c1-2-19-11-5-3-10(4-6-11)9-12-13(17)15(7-8-16)14(18)20-12/h3-6,9,16H,2,7-8H2,1H3/b12-9+. The zero-order valence-corrected chi connectivity index (χ0v) is 11.9. The van der Waals surface area contributed by atoms with E-state index in [1.165, 1.54) is 0 Å². The fraction of sp³-hybridized carbons (Fsp3) is 0.286. The number of carbonyl (C=O) groups is 2. The molecule has 0 aliphatic carbocycles. The van der Waals surface area contributed by atoms with E-state index in [2.05, 4.69) is 0 Å². The van der Waals surface area contributed by atoms with Gasteiger partial charge in [0.05, 0.1) is 24.7 Å². The summed E-state index contributed by atoms with van der Waals surface area (Å²) in [5, 5.41) is 8.48. The highest BCUT2D eigenvalue weighted by molar-refractivity contribution is 8.18. The zero-order valence-electron chi connectivity index (χ0n) is 11.0. The highest BCUT2D eigenvalue weighted by Gasteiger charge is 2.34. The Bertz CT molecular complexity index is 539. The summed E-state index contributed by atoms with van der Waals surface area (Å²) in [5.74, 6) is 0.404. The van der Waals surface area contributed by atoms with Crippen molar-refractivity contribution >= 4 is 29.0 Å². The van der Waals surface area contributed by atoms with Gasteiger partial charge in [-0.15, -0.1) is 0 Å². The van der Waals surface area contributed by atoms with Crippen LogP contribution in [0.3, 0.4) is 0 Å². The number of β-amino-alcohol motifs (C(OH)–C–C–N with tert-alkyl or cyclic N) is 1. The molecule has 6 heteroatoms. The lowest BCUT2D eigenvalue weighted by molar-refractivity contribution is -0.123. The Morgan fingerprint density at radius 1 is 1.30 bits per heavy atom. The van der Waals surface area contributed by atoms with E-state index in [4.69, 9.17) is 9.84 Å². The fourth-order valence-corrected chi connectivity index (χ4v) is 2.64. The molecule has 1 fully saturated rings. The molecule has 0 aromatic heterocycles. The molecule has 0 atom stereocenters. The highest BCUT2D eigenvalue weighted by atomic mass is 32.2. The van der Waals surface area contributed by atoms with Crippen LogP contribution in [0, 0.1) is 0 Å². The van der Waals surface area contributed by atoms with Crippen LogP contribution in [0.5, 0.6) is 5.75 Å². The lowest BCUT2D eigenvalue weighted by atomic mass is 10.2. The third-order valence-electron chi connectivity index (χ3n) is 2.69. The van der Waals surface area contributed by atoms with E-state index in [0.717, 1.165) is 28.0 Å². The predicted molar refractivity (Wildman–Crippen MR) is 77.4 cm³/mol. The molecule has 0 radical (unpaired) electrons. The summed E-state index contributed by atoms with van der Waals surface area (Å²) in [7, 11) is 0. The number of imide groups is 1. The van der Waals surface area contributed by atoms with Crippen molar-refractivity contribution in [3.8, 4) is 5.75 Å². The predicted octanol–water partition coefficient (Wildman–Crippen LogP) is 2.11. The number of aliphatic hydroxyl groups excluding tert-OH is 1. The van der Waals surface area contributed by atoms with Crippen molar-refractivity contribution in [1.29, 1.82) is 0 Å². The Balaban J connectivity index is 2.15. The number of aliphatic hydroxyl groups is 1. The van der Waals surface area contributed by atoms with Gasteiger partial charge in [0, 0.05) is 0 Å². The summed E-state index contributed by atoms with van der Waals surface area (Å²) < 4.78 is 5.34. The maximum absolute atomic E-state index is 12.0. The van der Waals surface area contributed by atoms with Crippen LogP contribution in [0.4, 0.5) is 4.79 Å². The fourth-order valence-electron chi connectivity index (χ4n) is 1.77. The topological polar surface area (TPSA) is 66.8 Å². The number of hydrogen-bond acceptors (Lipinski definition) is 5. The maximum Gasteiger partial charge on any atom is 0.293 e. The highest BCUT2D eigenvalue weighted by Crippen LogP contribution is 2.32. The van der Waals surface area contributed by atoms with Crippen LogP contribution in [-0.2, 0) is 4.79 Å². The van der Waals surface area contributed by atoms with E-state index in [1.54, 1.807) is 6.08 Å². The number of nitrogens with zero attached hydrogens (tertiary/aromatic N) is 1. The number of amides is 2. The summed E-state index contributed by atoms with van der Waals surface area (Å²) >= 11 is 0.887. The van der Waals surface area contributed by atoms with Crippen molar-refractivity contribution < 1.29 is 19.4 Å². The van der Waals surface area contributed by atoms with Crippen molar-refractivity contribution in [2.45, 2.75) is 6.92 Å². The third kappa shape index (κ3) is 3.20. The summed E-state index contributed by atoms with van der Waals surface area (Å²) in [6, 6.07) is 7.27. The molecule has 20 heavy (non-hydrogen) atoms. The van der Waals surface area contributed by atoms with Gasteiger partial charge in [0.15, 0.2) is 0 Å². The summed E-state index contributed by atoms with van der Waals surface area (Å²) in [4.78, 5) is 25.0. The molecule has 1 N–H and O–H groups in total. The molecule has 1 aliphatic rings. The van der Waals surface area contributed by atoms with E-state index in [9.17, 15) is 9.59 Å². The van der Waals surface area contributed by atoms with Gasteiger partial charge in [0.1, 0.15) is 5.75 Å². The van der Waals surface area contributed by atoms with Crippen LogP contribution in [0.25, 0.3) is 6.08 Å². The van der Waals surface area contributed by atoms with Gasteiger partial charge in [-0.1, -0.05) is 12.1 Å². The van der Waals surface area contributed by atoms with Gasteiger partial charge in [0.25, 0.3) is 11.1 Å². The number of benzene rings is 1. The second-order valence-corrected chi connectivity index (χ2v) is 5.05. The zero-order chi connectivity index (χ0) is 14.5. The third-order valence-corrected chi connectivity index (χ3v) is 3.59. The molecule has 106 valence electrons. The van der Waals surface area contributed by atoms with Gasteiger partial charge in [-0.25, -0.2) is 0 Å². The Kier molecular flexibility index (Phi) is 4.81.